The molecule has 0 saturated carbocycles. The van der Waals surface area contributed by atoms with E-state index in [9.17, 15) is 4.79 Å². The molecule has 13 heavy (non-hydrogen) atoms. The van der Waals surface area contributed by atoms with Crippen LogP contribution >= 0.6 is 0 Å². The number of carbonyl (C=O) groups is 1. The number of hydrogen-bond donors (Lipinski definition) is 0. The zero-order chi connectivity index (χ0) is 10.3. The maximum atomic E-state index is 10.5. The van der Waals surface area contributed by atoms with Crippen molar-refractivity contribution in [3.8, 4) is 0 Å². The Labute approximate surface area is 81.0 Å². The normalized spacial score (nSPS) is 15.1. The van der Waals surface area contributed by atoms with Gasteiger partial charge in [0.1, 0.15) is 6.29 Å². The highest BCUT2D eigenvalue weighted by molar-refractivity contribution is 5.73. The summed E-state index contributed by atoms with van der Waals surface area (Å²) in [4.78, 5) is 10.5. The molecule has 0 rings (SSSR count). The fraction of sp³-hybridized carbons (Fsp3) is 0.727. The zero-order valence-corrected chi connectivity index (χ0v) is 9.09. The highest BCUT2D eigenvalue weighted by atomic mass is 16.5. The quantitative estimate of drug-likeness (QED) is 0.468. The topological polar surface area (TPSA) is 26.3 Å². The Hall–Kier alpha value is -0.630. The first-order valence-electron chi connectivity index (χ1n) is 4.80. The molecule has 0 aliphatic rings. The third-order valence-electron chi connectivity index (χ3n) is 2.33. The van der Waals surface area contributed by atoms with Crippen LogP contribution in [0.15, 0.2) is 11.1 Å². The molecule has 0 heterocycles. The van der Waals surface area contributed by atoms with E-state index < -0.39 is 0 Å². The van der Waals surface area contributed by atoms with E-state index in [0.29, 0.717) is 0 Å². The van der Waals surface area contributed by atoms with Gasteiger partial charge in [-0.15, -0.1) is 0 Å². The van der Waals surface area contributed by atoms with Gasteiger partial charge >= 0.3 is 0 Å². The summed E-state index contributed by atoms with van der Waals surface area (Å²) in [6.07, 6.45) is 4.22. The van der Waals surface area contributed by atoms with E-state index in [1.165, 1.54) is 0 Å². The van der Waals surface area contributed by atoms with Gasteiger partial charge in [0.2, 0.25) is 0 Å². The van der Waals surface area contributed by atoms with E-state index in [2.05, 4.69) is 6.92 Å². The summed E-state index contributed by atoms with van der Waals surface area (Å²) < 4.78 is 5.31. The van der Waals surface area contributed by atoms with E-state index in [0.717, 1.165) is 36.7 Å². The molecule has 0 saturated heterocycles. The number of allylic oxidation sites excluding steroid dienone is 1. The van der Waals surface area contributed by atoms with Crippen molar-refractivity contribution in [3.63, 3.8) is 0 Å². The lowest BCUT2D eigenvalue weighted by molar-refractivity contribution is -0.104. The number of methoxy groups -OCH3 is 1. The Kier molecular flexibility index (Phi) is 6.51. The lowest BCUT2D eigenvalue weighted by Gasteiger charge is -2.14. The Morgan fingerprint density at radius 2 is 2.08 bits per heavy atom. The van der Waals surface area contributed by atoms with E-state index >= 15 is 0 Å². The summed E-state index contributed by atoms with van der Waals surface area (Å²) in [5.41, 5.74) is 1.97. The maximum absolute atomic E-state index is 10.5. The number of ether oxygens (including phenoxy) is 1. The Morgan fingerprint density at radius 1 is 1.46 bits per heavy atom. The summed E-state index contributed by atoms with van der Waals surface area (Å²) in [5.74, 6) is 0. The molecule has 0 aliphatic heterocycles. The minimum Gasteiger partial charge on any atom is -0.381 e. The van der Waals surface area contributed by atoms with Gasteiger partial charge in [-0.05, 0) is 32.3 Å². The van der Waals surface area contributed by atoms with Crippen LogP contribution in [0.1, 0.15) is 40.0 Å². The Morgan fingerprint density at radius 3 is 2.46 bits per heavy atom. The van der Waals surface area contributed by atoms with Gasteiger partial charge in [0.15, 0.2) is 0 Å². The third-order valence-corrected chi connectivity index (χ3v) is 2.33. The molecule has 76 valence electrons. The summed E-state index contributed by atoms with van der Waals surface area (Å²) in [7, 11) is 1.73. The molecule has 1 unspecified atom stereocenters. The molecule has 0 bridgehead atoms. The van der Waals surface area contributed by atoms with Crippen molar-refractivity contribution in [2.24, 2.45) is 0 Å². The first-order chi connectivity index (χ1) is 6.15. The molecular weight excluding hydrogens is 164 g/mol. The van der Waals surface area contributed by atoms with Crippen molar-refractivity contribution in [2.75, 3.05) is 7.11 Å². The van der Waals surface area contributed by atoms with Gasteiger partial charge in [-0.3, -0.25) is 4.79 Å². The Bertz CT molecular complexity index is 183. The predicted molar refractivity (Wildman–Crippen MR) is 54.8 cm³/mol. The van der Waals surface area contributed by atoms with E-state index in [-0.39, 0.29) is 6.10 Å². The average molecular weight is 184 g/mol. The smallest absolute Gasteiger partial charge is 0.145 e. The molecule has 2 heteroatoms. The molecule has 0 spiro atoms. The Balaban J connectivity index is 4.14. The second-order valence-corrected chi connectivity index (χ2v) is 3.43. The standard InChI is InChI=1S/C11H20O2/c1-5-6-11(13-4)7-9(2)10(3)8-12/h8,11H,5-7H2,1-4H3/b10-9+. The van der Waals surface area contributed by atoms with Gasteiger partial charge in [0.05, 0.1) is 6.10 Å². The van der Waals surface area contributed by atoms with Gasteiger partial charge in [-0.1, -0.05) is 18.9 Å². The van der Waals surface area contributed by atoms with Crippen LogP contribution in [-0.4, -0.2) is 19.5 Å². The summed E-state index contributed by atoms with van der Waals surface area (Å²) >= 11 is 0. The highest BCUT2D eigenvalue weighted by Gasteiger charge is 2.07. The van der Waals surface area contributed by atoms with Gasteiger partial charge in [-0.25, -0.2) is 0 Å². The van der Waals surface area contributed by atoms with Crippen LogP contribution in [0.4, 0.5) is 0 Å². The number of hydrogen-bond acceptors (Lipinski definition) is 2. The van der Waals surface area contributed by atoms with Crippen LogP contribution < -0.4 is 0 Å². The van der Waals surface area contributed by atoms with Crippen molar-refractivity contribution < 1.29 is 9.53 Å². The van der Waals surface area contributed by atoms with E-state index in [4.69, 9.17) is 4.74 Å². The molecule has 0 amide bonds. The average Bonchev–Trinajstić information content (AvgIpc) is 2.15. The summed E-state index contributed by atoms with van der Waals surface area (Å²) in [6.45, 7) is 5.98. The largest absolute Gasteiger partial charge is 0.381 e. The molecular formula is C11H20O2. The molecule has 0 aromatic rings. The SMILES string of the molecule is CCCC(C/C(C)=C(\C)C=O)OC. The van der Waals surface area contributed by atoms with Crippen molar-refractivity contribution in [1.29, 1.82) is 0 Å². The fourth-order valence-electron chi connectivity index (χ4n) is 1.23. The second-order valence-electron chi connectivity index (χ2n) is 3.43. The zero-order valence-electron chi connectivity index (χ0n) is 9.09. The lowest BCUT2D eigenvalue weighted by atomic mass is 10.0. The van der Waals surface area contributed by atoms with E-state index in [1.54, 1.807) is 7.11 Å². The van der Waals surface area contributed by atoms with Crippen LogP contribution in [0.5, 0.6) is 0 Å². The van der Waals surface area contributed by atoms with Crippen LogP contribution in [-0.2, 0) is 9.53 Å². The fourth-order valence-corrected chi connectivity index (χ4v) is 1.23. The summed E-state index contributed by atoms with van der Waals surface area (Å²) in [5, 5.41) is 0. The molecule has 0 aliphatic carbocycles. The van der Waals surface area contributed by atoms with Gasteiger partial charge in [0.25, 0.3) is 0 Å². The predicted octanol–water partition coefficient (Wildman–Crippen LogP) is 2.73. The van der Waals surface area contributed by atoms with Gasteiger partial charge < -0.3 is 4.74 Å². The number of aldehydes is 1. The lowest BCUT2D eigenvalue weighted by Crippen LogP contribution is -2.11. The first kappa shape index (κ1) is 12.4. The molecule has 0 aromatic heterocycles. The van der Waals surface area contributed by atoms with Crippen LogP contribution in [0.2, 0.25) is 0 Å². The number of carbonyl (C=O) groups excluding carboxylic acids is 1. The summed E-state index contributed by atoms with van der Waals surface area (Å²) in [6, 6.07) is 0. The van der Waals surface area contributed by atoms with Crippen LogP contribution in [0, 0.1) is 0 Å². The van der Waals surface area contributed by atoms with Crippen LogP contribution in [0.25, 0.3) is 0 Å². The molecule has 0 N–H and O–H groups in total. The van der Waals surface area contributed by atoms with Crippen LogP contribution in [0.3, 0.4) is 0 Å². The molecule has 1 atom stereocenters. The maximum Gasteiger partial charge on any atom is 0.145 e. The highest BCUT2D eigenvalue weighted by Crippen LogP contribution is 2.14. The molecule has 0 radical (unpaired) electrons. The molecule has 0 fully saturated rings. The minimum atomic E-state index is 0.264. The van der Waals surface area contributed by atoms with E-state index in [1.807, 2.05) is 13.8 Å². The molecule has 2 nitrogen and oxygen atoms in total. The van der Waals surface area contributed by atoms with Gasteiger partial charge in [0, 0.05) is 7.11 Å². The number of rotatable bonds is 6. The van der Waals surface area contributed by atoms with Crippen molar-refractivity contribution >= 4 is 6.29 Å². The van der Waals surface area contributed by atoms with Crippen molar-refractivity contribution in [1.82, 2.24) is 0 Å². The van der Waals surface area contributed by atoms with Crippen molar-refractivity contribution in [3.05, 3.63) is 11.1 Å². The monoisotopic (exact) mass is 184 g/mol. The minimum absolute atomic E-state index is 0.264. The molecule has 0 aromatic carbocycles. The van der Waals surface area contributed by atoms with Gasteiger partial charge in [-0.2, -0.15) is 0 Å². The second kappa shape index (κ2) is 6.84. The first-order valence-corrected chi connectivity index (χ1v) is 4.80. The van der Waals surface area contributed by atoms with Crippen molar-refractivity contribution in [2.45, 2.75) is 46.1 Å². The third kappa shape index (κ3) is 4.83.